The van der Waals surface area contributed by atoms with Crippen molar-refractivity contribution in [1.82, 2.24) is 0 Å². The number of hydrogen-bond acceptors (Lipinski definition) is 2. The van der Waals surface area contributed by atoms with Gasteiger partial charge in [-0.05, 0) is 55.2 Å². The third kappa shape index (κ3) is 4.15. The molecule has 0 aliphatic heterocycles. The van der Waals surface area contributed by atoms with E-state index in [2.05, 4.69) is 48.1 Å². The molecule has 1 aliphatic rings. The number of rotatable bonds is 5. The predicted molar refractivity (Wildman–Crippen MR) is 94.1 cm³/mol. The fourth-order valence-electron chi connectivity index (χ4n) is 3.32. The van der Waals surface area contributed by atoms with E-state index in [-0.39, 0.29) is 0 Å². The second-order valence-electron chi connectivity index (χ2n) is 6.88. The van der Waals surface area contributed by atoms with Crippen LogP contribution in [0.25, 0.3) is 0 Å². The van der Waals surface area contributed by atoms with E-state index in [1.54, 1.807) is 7.11 Å². The van der Waals surface area contributed by atoms with Gasteiger partial charge in [0.2, 0.25) is 0 Å². The Balaban J connectivity index is 1.96. The van der Waals surface area contributed by atoms with E-state index >= 15 is 0 Å². The van der Waals surface area contributed by atoms with E-state index in [0.717, 1.165) is 21.8 Å². The van der Waals surface area contributed by atoms with Crippen LogP contribution in [0.5, 0.6) is 5.75 Å². The van der Waals surface area contributed by atoms with Gasteiger partial charge in [0, 0.05) is 10.5 Å². The van der Waals surface area contributed by atoms with E-state index in [4.69, 9.17) is 4.74 Å². The predicted octanol–water partition coefficient (Wildman–Crippen LogP) is 5.86. The Morgan fingerprint density at radius 3 is 2.48 bits per heavy atom. The van der Waals surface area contributed by atoms with Crippen molar-refractivity contribution in [2.24, 2.45) is 11.3 Å². The molecule has 0 amide bonds. The summed E-state index contributed by atoms with van der Waals surface area (Å²) in [6, 6.07) is 6.71. The minimum atomic E-state index is 0.485. The third-order valence-electron chi connectivity index (χ3n) is 5.26. The molecule has 1 N–H and O–H groups in total. The molecule has 0 radical (unpaired) electrons. The maximum Gasteiger partial charge on any atom is 0.142 e. The van der Waals surface area contributed by atoms with E-state index < -0.39 is 0 Å². The summed E-state index contributed by atoms with van der Waals surface area (Å²) in [5.41, 5.74) is 1.59. The number of anilines is 1. The second-order valence-corrected chi connectivity index (χ2v) is 7.80. The normalized spacial score (nSPS) is 22.9. The first-order chi connectivity index (χ1) is 9.96. The summed E-state index contributed by atoms with van der Waals surface area (Å²) in [5.74, 6) is 1.79. The summed E-state index contributed by atoms with van der Waals surface area (Å²) < 4.78 is 6.54. The fraction of sp³-hybridized carbons (Fsp3) is 0.667. The van der Waals surface area contributed by atoms with Crippen molar-refractivity contribution >= 4 is 21.6 Å². The van der Waals surface area contributed by atoms with Crippen molar-refractivity contribution in [3.63, 3.8) is 0 Å². The lowest BCUT2D eigenvalue weighted by Crippen LogP contribution is -2.32. The Labute approximate surface area is 137 Å². The number of methoxy groups -OCH3 is 1. The van der Waals surface area contributed by atoms with E-state index in [1.165, 1.54) is 32.1 Å². The molecule has 21 heavy (non-hydrogen) atoms. The van der Waals surface area contributed by atoms with E-state index in [0.29, 0.717) is 11.5 Å². The Bertz CT molecular complexity index is 464. The minimum absolute atomic E-state index is 0.485. The molecule has 0 spiro atoms. The Hall–Kier alpha value is -0.700. The van der Waals surface area contributed by atoms with Crippen LogP contribution in [0.15, 0.2) is 22.7 Å². The topological polar surface area (TPSA) is 21.3 Å². The molecule has 0 aromatic heterocycles. The molecule has 0 heterocycles. The van der Waals surface area contributed by atoms with Crippen molar-refractivity contribution in [3.8, 4) is 5.75 Å². The standard InChI is InChI=1S/C18H28BrNO/c1-5-18(2,3)13-6-9-15(10-7-13)20-16-12-14(19)8-11-17(16)21-4/h8,11-13,15,20H,5-7,9-10H2,1-4H3. The van der Waals surface area contributed by atoms with Crippen LogP contribution in [0.1, 0.15) is 52.9 Å². The first-order valence-corrected chi connectivity index (χ1v) is 8.85. The van der Waals surface area contributed by atoms with Crippen molar-refractivity contribution in [2.75, 3.05) is 12.4 Å². The van der Waals surface area contributed by atoms with Crippen LogP contribution in [0.3, 0.4) is 0 Å². The smallest absolute Gasteiger partial charge is 0.142 e. The lowest BCUT2D eigenvalue weighted by Gasteiger charge is -2.39. The monoisotopic (exact) mass is 353 g/mol. The molecule has 0 atom stereocenters. The number of hydrogen-bond donors (Lipinski definition) is 1. The maximum atomic E-state index is 5.45. The van der Waals surface area contributed by atoms with Crippen LogP contribution in [-0.2, 0) is 0 Å². The van der Waals surface area contributed by atoms with Gasteiger partial charge in [0.15, 0.2) is 0 Å². The van der Waals surface area contributed by atoms with Crippen LogP contribution in [0.2, 0.25) is 0 Å². The van der Waals surface area contributed by atoms with Crippen LogP contribution in [-0.4, -0.2) is 13.2 Å². The van der Waals surface area contributed by atoms with Gasteiger partial charge in [0.1, 0.15) is 5.75 Å². The Morgan fingerprint density at radius 1 is 1.24 bits per heavy atom. The van der Waals surface area contributed by atoms with Gasteiger partial charge in [-0.1, -0.05) is 43.1 Å². The highest BCUT2D eigenvalue weighted by molar-refractivity contribution is 9.10. The number of ether oxygens (including phenoxy) is 1. The van der Waals surface area contributed by atoms with Gasteiger partial charge in [-0.25, -0.2) is 0 Å². The molecule has 1 aliphatic carbocycles. The highest BCUT2D eigenvalue weighted by Gasteiger charge is 2.31. The molecule has 0 bridgehead atoms. The Kier molecular flexibility index (Phi) is 5.59. The lowest BCUT2D eigenvalue weighted by atomic mass is 9.69. The summed E-state index contributed by atoms with van der Waals surface area (Å²) in [5, 5.41) is 3.68. The Morgan fingerprint density at radius 2 is 1.90 bits per heavy atom. The molecule has 1 saturated carbocycles. The highest BCUT2D eigenvalue weighted by atomic mass is 79.9. The van der Waals surface area contributed by atoms with Crippen molar-refractivity contribution in [3.05, 3.63) is 22.7 Å². The molecular weight excluding hydrogens is 326 g/mol. The average Bonchev–Trinajstić information content (AvgIpc) is 2.48. The first-order valence-electron chi connectivity index (χ1n) is 8.06. The quantitative estimate of drug-likeness (QED) is 0.715. The van der Waals surface area contributed by atoms with Gasteiger partial charge in [-0.15, -0.1) is 0 Å². The zero-order valence-electron chi connectivity index (χ0n) is 13.7. The molecule has 0 unspecified atom stereocenters. The minimum Gasteiger partial charge on any atom is -0.495 e. The molecule has 1 aromatic rings. The van der Waals surface area contributed by atoms with Gasteiger partial charge in [0.25, 0.3) is 0 Å². The van der Waals surface area contributed by atoms with Gasteiger partial charge in [-0.2, -0.15) is 0 Å². The van der Waals surface area contributed by atoms with Crippen LogP contribution in [0, 0.1) is 11.3 Å². The zero-order valence-corrected chi connectivity index (χ0v) is 15.3. The second kappa shape index (κ2) is 7.04. The molecule has 1 fully saturated rings. The van der Waals surface area contributed by atoms with Crippen LogP contribution < -0.4 is 10.1 Å². The molecular formula is C18H28BrNO. The first kappa shape index (κ1) is 16.7. The summed E-state index contributed by atoms with van der Waals surface area (Å²) in [4.78, 5) is 0. The molecule has 2 nitrogen and oxygen atoms in total. The fourth-order valence-corrected chi connectivity index (χ4v) is 3.68. The van der Waals surface area contributed by atoms with Gasteiger partial charge < -0.3 is 10.1 Å². The van der Waals surface area contributed by atoms with Gasteiger partial charge >= 0.3 is 0 Å². The van der Waals surface area contributed by atoms with Crippen molar-refractivity contribution < 1.29 is 4.74 Å². The summed E-state index contributed by atoms with van der Waals surface area (Å²) in [6.07, 6.45) is 6.44. The van der Waals surface area contributed by atoms with Gasteiger partial charge in [0.05, 0.1) is 12.8 Å². The molecule has 2 rings (SSSR count). The largest absolute Gasteiger partial charge is 0.495 e. The maximum absolute atomic E-state index is 5.45. The molecule has 118 valence electrons. The molecule has 0 saturated heterocycles. The zero-order chi connectivity index (χ0) is 15.5. The molecule has 1 aromatic carbocycles. The number of halogens is 1. The van der Waals surface area contributed by atoms with Gasteiger partial charge in [-0.3, -0.25) is 0 Å². The third-order valence-corrected chi connectivity index (χ3v) is 5.76. The van der Waals surface area contributed by atoms with Crippen molar-refractivity contribution in [2.45, 2.75) is 58.9 Å². The SMILES string of the molecule is CCC(C)(C)C1CCC(Nc2cc(Br)ccc2OC)CC1. The van der Waals surface area contributed by atoms with E-state index in [9.17, 15) is 0 Å². The van der Waals surface area contributed by atoms with Crippen LogP contribution in [0.4, 0.5) is 5.69 Å². The van der Waals surface area contributed by atoms with E-state index in [1.807, 2.05) is 12.1 Å². The molecule has 3 heteroatoms. The van der Waals surface area contributed by atoms with Crippen LogP contribution >= 0.6 is 15.9 Å². The summed E-state index contributed by atoms with van der Waals surface area (Å²) in [6.45, 7) is 7.15. The summed E-state index contributed by atoms with van der Waals surface area (Å²) >= 11 is 3.54. The lowest BCUT2D eigenvalue weighted by molar-refractivity contribution is 0.147. The van der Waals surface area contributed by atoms with Crippen molar-refractivity contribution in [1.29, 1.82) is 0 Å². The average molecular weight is 354 g/mol. The number of nitrogens with one attached hydrogen (secondary N) is 1. The number of benzene rings is 1. The summed E-state index contributed by atoms with van der Waals surface area (Å²) in [7, 11) is 1.73. The highest BCUT2D eigenvalue weighted by Crippen LogP contribution is 2.41.